The molecule has 0 aromatic heterocycles. The average molecular weight is 200 g/mol. The van der Waals surface area contributed by atoms with E-state index in [9.17, 15) is 4.79 Å². The summed E-state index contributed by atoms with van der Waals surface area (Å²) < 4.78 is 5.60. The molecule has 1 saturated carbocycles. The first-order chi connectivity index (χ1) is 6.52. The normalized spacial score (nSPS) is 22.1. The Labute approximate surface area is 85.0 Å². The van der Waals surface area contributed by atoms with Crippen molar-refractivity contribution in [3.8, 4) is 0 Å². The summed E-state index contributed by atoms with van der Waals surface area (Å²) >= 11 is 0. The van der Waals surface area contributed by atoms with Crippen molar-refractivity contribution >= 4 is 5.91 Å². The summed E-state index contributed by atoms with van der Waals surface area (Å²) in [5, 5.41) is 0. The van der Waals surface area contributed by atoms with E-state index in [4.69, 9.17) is 16.2 Å². The molecule has 0 saturated heterocycles. The Morgan fingerprint density at radius 1 is 1.50 bits per heavy atom. The minimum atomic E-state index is -0.932. The maximum absolute atomic E-state index is 10.9. The minimum Gasteiger partial charge on any atom is -0.378 e. The first-order valence-electron chi connectivity index (χ1n) is 5.23. The predicted octanol–water partition coefficient (Wildman–Crippen LogP) is 0.538. The minimum absolute atomic E-state index is 0.374. The summed E-state index contributed by atoms with van der Waals surface area (Å²) in [7, 11) is 0. The van der Waals surface area contributed by atoms with E-state index in [0.717, 1.165) is 12.8 Å². The predicted molar refractivity (Wildman–Crippen MR) is 54.6 cm³/mol. The zero-order valence-corrected chi connectivity index (χ0v) is 8.79. The van der Waals surface area contributed by atoms with Crippen molar-refractivity contribution in [3.63, 3.8) is 0 Å². The van der Waals surface area contributed by atoms with E-state index in [-0.39, 0.29) is 0 Å². The summed E-state index contributed by atoms with van der Waals surface area (Å²) in [5.74, 6) is -0.465. The molecule has 0 aromatic carbocycles. The molecule has 1 amide bonds. The van der Waals surface area contributed by atoms with Crippen LogP contribution in [0.1, 0.15) is 39.0 Å². The zero-order chi connectivity index (χ0) is 10.6. The van der Waals surface area contributed by atoms with Gasteiger partial charge in [-0.3, -0.25) is 4.79 Å². The highest BCUT2D eigenvalue weighted by Gasteiger charge is 2.26. The van der Waals surface area contributed by atoms with Crippen LogP contribution in [-0.4, -0.2) is 24.2 Å². The van der Waals surface area contributed by atoms with E-state index in [1.807, 2.05) is 0 Å². The lowest BCUT2D eigenvalue weighted by Gasteiger charge is -2.21. The van der Waals surface area contributed by atoms with Gasteiger partial charge in [0.2, 0.25) is 5.91 Å². The molecule has 14 heavy (non-hydrogen) atoms. The average Bonchev–Trinajstić information content (AvgIpc) is 2.56. The molecule has 4 nitrogen and oxygen atoms in total. The molecule has 0 aliphatic heterocycles. The Morgan fingerprint density at radius 2 is 2.07 bits per heavy atom. The number of hydrogen-bond donors (Lipinski definition) is 2. The highest BCUT2D eigenvalue weighted by molar-refractivity contribution is 5.83. The number of carbonyl (C=O) groups excluding carboxylic acids is 1. The molecule has 1 unspecified atom stereocenters. The second-order valence-electron chi connectivity index (χ2n) is 4.31. The van der Waals surface area contributed by atoms with E-state index in [1.165, 1.54) is 12.8 Å². The van der Waals surface area contributed by atoms with Gasteiger partial charge in [-0.05, 0) is 26.2 Å². The van der Waals surface area contributed by atoms with Crippen LogP contribution in [0.15, 0.2) is 0 Å². The van der Waals surface area contributed by atoms with Crippen LogP contribution in [0.25, 0.3) is 0 Å². The number of ether oxygens (including phenoxy) is 1. The van der Waals surface area contributed by atoms with Crippen molar-refractivity contribution in [1.82, 2.24) is 0 Å². The van der Waals surface area contributed by atoms with Gasteiger partial charge in [-0.15, -0.1) is 0 Å². The number of primary amides is 1. The fraction of sp³-hybridized carbons (Fsp3) is 0.900. The van der Waals surface area contributed by atoms with Crippen LogP contribution in [0, 0.1) is 0 Å². The van der Waals surface area contributed by atoms with Gasteiger partial charge >= 0.3 is 0 Å². The third-order valence-corrected chi connectivity index (χ3v) is 2.84. The monoisotopic (exact) mass is 200 g/mol. The Kier molecular flexibility index (Phi) is 3.89. The Bertz CT molecular complexity index is 198. The first-order valence-corrected chi connectivity index (χ1v) is 5.23. The number of nitrogens with two attached hydrogens (primary N) is 2. The molecule has 0 heterocycles. The topological polar surface area (TPSA) is 78.3 Å². The molecule has 0 radical (unpaired) electrons. The maximum atomic E-state index is 10.9. The van der Waals surface area contributed by atoms with Gasteiger partial charge in [-0.2, -0.15) is 0 Å². The first kappa shape index (κ1) is 11.5. The molecule has 82 valence electrons. The van der Waals surface area contributed by atoms with E-state index in [0.29, 0.717) is 19.1 Å². The van der Waals surface area contributed by atoms with Gasteiger partial charge in [-0.1, -0.05) is 12.8 Å². The second-order valence-corrected chi connectivity index (χ2v) is 4.31. The van der Waals surface area contributed by atoms with Crippen LogP contribution in [-0.2, 0) is 9.53 Å². The lowest BCUT2D eigenvalue weighted by molar-refractivity contribution is -0.123. The van der Waals surface area contributed by atoms with Crippen molar-refractivity contribution in [2.24, 2.45) is 11.5 Å². The van der Waals surface area contributed by atoms with Crippen LogP contribution < -0.4 is 11.5 Å². The molecular formula is C10H20N2O2. The SMILES string of the molecule is CC(N)(CCOC1CCCC1)C(N)=O. The fourth-order valence-electron chi connectivity index (χ4n) is 1.62. The number of amides is 1. The van der Waals surface area contributed by atoms with Crippen LogP contribution in [0.2, 0.25) is 0 Å². The molecule has 1 aliphatic carbocycles. The van der Waals surface area contributed by atoms with Gasteiger partial charge in [0.25, 0.3) is 0 Å². The third kappa shape index (κ3) is 3.27. The highest BCUT2D eigenvalue weighted by Crippen LogP contribution is 2.21. The molecule has 1 aliphatic rings. The molecular weight excluding hydrogens is 180 g/mol. The van der Waals surface area contributed by atoms with E-state index in [1.54, 1.807) is 6.92 Å². The summed E-state index contributed by atoms with van der Waals surface area (Å²) in [6.07, 6.45) is 5.65. The number of carbonyl (C=O) groups is 1. The second kappa shape index (κ2) is 4.75. The van der Waals surface area contributed by atoms with Crippen molar-refractivity contribution in [1.29, 1.82) is 0 Å². The number of hydrogen-bond acceptors (Lipinski definition) is 3. The molecule has 1 atom stereocenters. The van der Waals surface area contributed by atoms with Crippen molar-refractivity contribution < 1.29 is 9.53 Å². The zero-order valence-electron chi connectivity index (χ0n) is 8.79. The van der Waals surface area contributed by atoms with E-state index < -0.39 is 11.4 Å². The Balaban J connectivity index is 2.16. The summed E-state index contributed by atoms with van der Waals surface area (Å²) in [5.41, 5.74) is 9.90. The Morgan fingerprint density at radius 3 is 2.57 bits per heavy atom. The molecule has 0 spiro atoms. The lowest BCUT2D eigenvalue weighted by atomic mass is 9.99. The summed E-state index contributed by atoms with van der Waals surface area (Å²) in [6, 6.07) is 0. The molecule has 0 bridgehead atoms. The van der Waals surface area contributed by atoms with Crippen molar-refractivity contribution in [2.45, 2.75) is 50.7 Å². The van der Waals surface area contributed by atoms with Crippen molar-refractivity contribution in [3.05, 3.63) is 0 Å². The van der Waals surface area contributed by atoms with Gasteiger partial charge < -0.3 is 16.2 Å². The third-order valence-electron chi connectivity index (χ3n) is 2.84. The fourth-order valence-corrected chi connectivity index (χ4v) is 1.62. The Hall–Kier alpha value is -0.610. The van der Waals surface area contributed by atoms with Gasteiger partial charge in [0.05, 0.1) is 11.6 Å². The van der Waals surface area contributed by atoms with Crippen LogP contribution in [0.5, 0.6) is 0 Å². The molecule has 4 heteroatoms. The van der Waals surface area contributed by atoms with Gasteiger partial charge in [0.1, 0.15) is 0 Å². The van der Waals surface area contributed by atoms with E-state index in [2.05, 4.69) is 0 Å². The quantitative estimate of drug-likeness (QED) is 0.679. The molecule has 1 fully saturated rings. The van der Waals surface area contributed by atoms with Crippen LogP contribution in [0.4, 0.5) is 0 Å². The van der Waals surface area contributed by atoms with Crippen LogP contribution in [0.3, 0.4) is 0 Å². The van der Waals surface area contributed by atoms with Crippen LogP contribution >= 0.6 is 0 Å². The maximum Gasteiger partial charge on any atom is 0.237 e. The van der Waals surface area contributed by atoms with Gasteiger partial charge in [0.15, 0.2) is 0 Å². The molecule has 1 rings (SSSR count). The lowest BCUT2D eigenvalue weighted by Crippen LogP contribution is -2.50. The van der Waals surface area contributed by atoms with Crippen molar-refractivity contribution in [2.75, 3.05) is 6.61 Å². The van der Waals surface area contributed by atoms with Gasteiger partial charge in [-0.25, -0.2) is 0 Å². The highest BCUT2D eigenvalue weighted by atomic mass is 16.5. The standard InChI is InChI=1S/C10H20N2O2/c1-10(12,9(11)13)6-7-14-8-4-2-3-5-8/h8H,2-7,12H2,1H3,(H2,11,13). The molecule has 4 N–H and O–H groups in total. The summed E-state index contributed by atoms with van der Waals surface area (Å²) in [4.78, 5) is 10.9. The van der Waals surface area contributed by atoms with Gasteiger partial charge in [0, 0.05) is 6.61 Å². The summed E-state index contributed by atoms with van der Waals surface area (Å²) in [6.45, 7) is 2.17. The molecule has 0 aromatic rings. The van der Waals surface area contributed by atoms with E-state index >= 15 is 0 Å². The smallest absolute Gasteiger partial charge is 0.237 e. The largest absolute Gasteiger partial charge is 0.378 e. The number of rotatable bonds is 5.